The molecule has 1 N–H and O–H groups in total. The second-order valence-electron chi connectivity index (χ2n) is 1.32. The minimum absolute atomic E-state index is 1.00. The van der Waals surface area contributed by atoms with E-state index in [1.807, 2.05) is 0 Å². The van der Waals surface area contributed by atoms with Gasteiger partial charge in [-0.05, 0) is 12.8 Å². The maximum atomic E-state index is 7.00. The van der Waals surface area contributed by atoms with Gasteiger partial charge in [-0.2, -0.15) is 0 Å². The van der Waals surface area contributed by atoms with E-state index in [9.17, 15) is 0 Å². The van der Waals surface area contributed by atoms with Gasteiger partial charge >= 0.3 is 0 Å². The van der Waals surface area contributed by atoms with Crippen molar-refractivity contribution in [3.05, 3.63) is 0 Å². The Labute approximate surface area is 56.8 Å². The summed E-state index contributed by atoms with van der Waals surface area (Å²) in [6.45, 7) is 2.00. The maximum absolute atomic E-state index is 7.00. The molecule has 1 heterocycles. The van der Waals surface area contributed by atoms with Gasteiger partial charge in [-0.1, -0.05) is 0 Å². The molecule has 0 unspecified atom stereocenters. The highest BCUT2D eigenvalue weighted by Gasteiger charge is 1.94. The summed E-state index contributed by atoms with van der Waals surface area (Å²) in [5.74, 6) is 0. The van der Waals surface area contributed by atoms with Gasteiger partial charge < -0.3 is 9.84 Å². The van der Waals surface area contributed by atoms with Crippen molar-refractivity contribution in [2.75, 3.05) is 20.3 Å². The zero-order valence-electron chi connectivity index (χ0n) is 5.84. The van der Waals surface area contributed by atoms with Crippen LogP contribution in [0.25, 0.3) is 0 Å². The molecule has 1 aliphatic heterocycles. The van der Waals surface area contributed by atoms with Crippen LogP contribution in [0.2, 0.25) is 0 Å². The first-order valence-corrected chi connectivity index (χ1v) is 2.86. The van der Waals surface area contributed by atoms with E-state index in [1.54, 1.807) is 0 Å². The summed E-state index contributed by atoms with van der Waals surface area (Å²) in [4.78, 5) is 0. The number of hydrogen-bond acceptors (Lipinski definition) is 2. The first-order valence-electron chi connectivity index (χ1n) is 2.86. The highest BCUT2D eigenvalue weighted by molar-refractivity contribution is 4.47. The Kier molecular flexibility index (Phi) is 19.6. The van der Waals surface area contributed by atoms with Gasteiger partial charge in [0, 0.05) is 20.3 Å². The van der Waals surface area contributed by atoms with E-state index in [2.05, 4.69) is 12.8 Å². The van der Waals surface area contributed by atoms with Gasteiger partial charge in [0.15, 0.2) is 0 Å². The van der Waals surface area contributed by atoms with Crippen LogP contribution in [0.5, 0.6) is 0 Å². The van der Waals surface area contributed by atoms with Crippen LogP contribution in [-0.2, 0) is 4.74 Å². The topological polar surface area (TPSA) is 29.5 Å². The van der Waals surface area contributed by atoms with E-state index in [0.29, 0.717) is 0 Å². The van der Waals surface area contributed by atoms with Crippen molar-refractivity contribution in [3.63, 3.8) is 0 Å². The predicted molar refractivity (Wildman–Crippen MR) is 38.1 cm³/mol. The fourth-order valence-electron chi connectivity index (χ4n) is 0.510. The summed E-state index contributed by atoms with van der Waals surface area (Å²) in [5.41, 5.74) is 0. The van der Waals surface area contributed by atoms with Gasteiger partial charge in [0.25, 0.3) is 0 Å². The molecule has 0 aromatic heterocycles. The minimum Gasteiger partial charge on any atom is -0.400 e. The van der Waals surface area contributed by atoms with Crippen LogP contribution in [0, 0.1) is 12.8 Å². The molecule has 2 nitrogen and oxygen atoms in total. The van der Waals surface area contributed by atoms with Gasteiger partial charge in [-0.15, -0.1) is 12.8 Å². The molecule has 0 amide bonds. The molecule has 1 rings (SSSR count). The molecule has 0 aliphatic carbocycles. The van der Waals surface area contributed by atoms with Crippen molar-refractivity contribution in [2.24, 2.45) is 0 Å². The predicted octanol–water partition coefficient (Wildman–Crippen LogP) is 0.655. The summed E-state index contributed by atoms with van der Waals surface area (Å²) in [5, 5.41) is 7.00. The Balaban J connectivity index is 0. The number of terminal acetylenes is 1. The molecule has 1 saturated heterocycles. The van der Waals surface area contributed by atoms with Crippen molar-refractivity contribution in [1.29, 1.82) is 0 Å². The average Bonchev–Trinajstić information content (AvgIpc) is 2.51. The first kappa shape index (κ1) is 11.3. The largest absolute Gasteiger partial charge is 0.400 e. The molecule has 0 bridgehead atoms. The highest BCUT2D eigenvalue weighted by atomic mass is 16.5. The SMILES string of the molecule is C#C.C1CCOC1.CO. The maximum Gasteiger partial charge on any atom is 0.0466 e. The zero-order chi connectivity index (χ0) is 7.54. The smallest absolute Gasteiger partial charge is 0.0466 e. The van der Waals surface area contributed by atoms with Crippen LogP contribution in [-0.4, -0.2) is 25.4 Å². The molecule has 0 aromatic carbocycles. The van der Waals surface area contributed by atoms with E-state index in [1.165, 1.54) is 12.8 Å². The summed E-state index contributed by atoms with van der Waals surface area (Å²) >= 11 is 0. The van der Waals surface area contributed by atoms with E-state index >= 15 is 0 Å². The summed E-state index contributed by atoms with van der Waals surface area (Å²) in [7, 11) is 1.00. The molecular formula is C7H14O2. The van der Waals surface area contributed by atoms with Crippen LogP contribution in [0.4, 0.5) is 0 Å². The van der Waals surface area contributed by atoms with E-state index in [4.69, 9.17) is 9.84 Å². The molecule has 0 radical (unpaired) electrons. The standard InChI is InChI=1S/C4H8O.C2H2.CH4O/c1-2-4-5-3-1;2*1-2/h1-4H2;1-2H;2H,1H3. The summed E-state index contributed by atoms with van der Waals surface area (Å²) in [6.07, 6.45) is 10.6. The van der Waals surface area contributed by atoms with Gasteiger partial charge in [-0.25, -0.2) is 0 Å². The molecule has 0 spiro atoms. The third kappa shape index (κ3) is 11.2. The molecule has 9 heavy (non-hydrogen) atoms. The van der Waals surface area contributed by atoms with Crippen LogP contribution in [0.15, 0.2) is 0 Å². The summed E-state index contributed by atoms with van der Waals surface area (Å²) < 4.78 is 4.94. The van der Waals surface area contributed by atoms with E-state index in [0.717, 1.165) is 20.3 Å². The second-order valence-corrected chi connectivity index (χ2v) is 1.32. The molecule has 0 atom stereocenters. The third-order valence-corrected chi connectivity index (χ3v) is 0.827. The molecule has 0 saturated carbocycles. The van der Waals surface area contributed by atoms with Crippen molar-refractivity contribution in [2.45, 2.75) is 12.8 Å². The van der Waals surface area contributed by atoms with E-state index in [-0.39, 0.29) is 0 Å². The van der Waals surface area contributed by atoms with E-state index < -0.39 is 0 Å². The number of aliphatic hydroxyl groups excluding tert-OH is 1. The third-order valence-electron chi connectivity index (χ3n) is 0.827. The lowest BCUT2D eigenvalue weighted by Gasteiger charge is -1.76. The second kappa shape index (κ2) is 15.6. The Morgan fingerprint density at radius 1 is 1.11 bits per heavy atom. The van der Waals surface area contributed by atoms with Crippen LogP contribution in [0.1, 0.15) is 12.8 Å². The molecule has 54 valence electrons. The van der Waals surface area contributed by atoms with Gasteiger partial charge in [0.1, 0.15) is 0 Å². The molecule has 1 aliphatic rings. The normalized spacial score (nSPS) is 14.2. The van der Waals surface area contributed by atoms with Crippen LogP contribution in [0.3, 0.4) is 0 Å². The number of ether oxygens (including phenoxy) is 1. The van der Waals surface area contributed by atoms with Crippen molar-refractivity contribution in [1.82, 2.24) is 0 Å². The monoisotopic (exact) mass is 130 g/mol. The van der Waals surface area contributed by atoms with Gasteiger partial charge in [-0.3, -0.25) is 0 Å². The number of hydrogen-bond donors (Lipinski definition) is 1. The van der Waals surface area contributed by atoms with Gasteiger partial charge in [0.2, 0.25) is 0 Å². The Bertz CT molecular complexity index is 38.5. The fraction of sp³-hybridized carbons (Fsp3) is 0.714. The summed E-state index contributed by atoms with van der Waals surface area (Å²) in [6, 6.07) is 0. The molecule has 1 fully saturated rings. The Morgan fingerprint density at radius 3 is 1.56 bits per heavy atom. The fourth-order valence-corrected chi connectivity index (χ4v) is 0.510. The zero-order valence-corrected chi connectivity index (χ0v) is 5.84. The lowest BCUT2D eigenvalue weighted by molar-refractivity contribution is 0.198. The average molecular weight is 130 g/mol. The number of aliphatic hydroxyl groups is 1. The van der Waals surface area contributed by atoms with Gasteiger partial charge in [0.05, 0.1) is 0 Å². The van der Waals surface area contributed by atoms with Crippen LogP contribution < -0.4 is 0 Å². The van der Waals surface area contributed by atoms with Crippen molar-refractivity contribution < 1.29 is 9.84 Å². The molecule has 2 heteroatoms. The molecular weight excluding hydrogens is 116 g/mol. The van der Waals surface area contributed by atoms with Crippen molar-refractivity contribution >= 4 is 0 Å². The Hall–Kier alpha value is -0.520. The minimum atomic E-state index is 1.00. The lowest BCUT2D eigenvalue weighted by Crippen LogP contribution is -1.74. The quantitative estimate of drug-likeness (QED) is 0.488. The van der Waals surface area contributed by atoms with Crippen molar-refractivity contribution in [3.8, 4) is 12.8 Å². The highest BCUT2D eigenvalue weighted by Crippen LogP contribution is 1.98. The first-order chi connectivity index (χ1) is 4.50. The molecule has 0 aromatic rings. The number of rotatable bonds is 0. The van der Waals surface area contributed by atoms with Crippen LogP contribution >= 0.6 is 0 Å². The lowest BCUT2D eigenvalue weighted by atomic mass is 10.4. The Morgan fingerprint density at radius 2 is 1.44 bits per heavy atom.